The van der Waals surface area contributed by atoms with Gasteiger partial charge in [-0.25, -0.2) is 10.4 Å². The van der Waals surface area contributed by atoms with Gasteiger partial charge in [0.05, 0.1) is 6.04 Å². The first-order chi connectivity index (χ1) is 8.96. The molecule has 0 unspecified atom stereocenters. The van der Waals surface area contributed by atoms with Crippen LogP contribution in [0.1, 0.15) is 34.6 Å². The first kappa shape index (κ1) is 16.4. The number of likely N-dealkylation sites (N-methyl/N-ethyl adjacent to an activating group) is 2. The van der Waals surface area contributed by atoms with Gasteiger partial charge in [0, 0.05) is 25.6 Å². The summed E-state index contributed by atoms with van der Waals surface area (Å²) in [7, 11) is 2.11. The van der Waals surface area contributed by atoms with Gasteiger partial charge in [-0.05, 0) is 20.0 Å². The van der Waals surface area contributed by atoms with Crippen molar-refractivity contribution < 1.29 is 0 Å². The molecule has 0 bridgehead atoms. The molecule has 19 heavy (non-hydrogen) atoms. The molecule has 1 aliphatic rings. The molecule has 5 nitrogen and oxygen atoms in total. The molecule has 1 rings (SSSR count). The normalized spacial score (nSPS) is 21.6. The predicted octanol–water partition coefficient (Wildman–Crippen LogP) is 1.14. The van der Waals surface area contributed by atoms with E-state index in [9.17, 15) is 0 Å². The van der Waals surface area contributed by atoms with Crippen LogP contribution < -0.4 is 10.7 Å². The number of nitrogens with zero attached hydrogens (tertiary/aromatic N) is 3. The Morgan fingerprint density at radius 2 is 2.00 bits per heavy atom. The Morgan fingerprint density at radius 1 is 1.37 bits per heavy atom. The van der Waals surface area contributed by atoms with Crippen LogP contribution in [0.15, 0.2) is 4.99 Å². The third kappa shape index (κ3) is 4.16. The van der Waals surface area contributed by atoms with E-state index >= 15 is 0 Å². The molecule has 0 aromatic carbocycles. The Balaban J connectivity index is 2.87. The molecule has 0 saturated heterocycles. The second-order valence-electron chi connectivity index (χ2n) is 5.85. The molecule has 0 saturated carbocycles. The molecule has 1 atom stereocenters. The molecular weight excluding hydrogens is 238 g/mol. The van der Waals surface area contributed by atoms with Gasteiger partial charge < -0.3 is 10.2 Å². The van der Waals surface area contributed by atoms with Crippen LogP contribution in [0.5, 0.6) is 0 Å². The first-order valence-electron chi connectivity index (χ1n) is 7.43. The van der Waals surface area contributed by atoms with E-state index in [0.29, 0.717) is 6.67 Å². The van der Waals surface area contributed by atoms with Crippen LogP contribution in [0, 0.1) is 5.41 Å². The summed E-state index contributed by atoms with van der Waals surface area (Å²) < 4.78 is 0. The van der Waals surface area contributed by atoms with Crippen LogP contribution in [0.2, 0.25) is 0 Å². The zero-order valence-electron chi connectivity index (χ0n) is 13.5. The Bertz CT molecular complexity index is 296. The summed E-state index contributed by atoms with van der Waals surface area (Å²) in [5, 5.41) is 5.63. The molecule has 0 aromatic rings. The van der Waals surface area contributed by atoms with Gasteiger partial charge >= 0.3 is 0 Å². The molecule has 1 heterocycles. The van der Waals surface area contributed by atoms with Crippen LogP contribution in [-0.2, 0) is 0 Å². The summed E-state index contributed by atoms with van der Waals surface area (Å²) in [6, 6.07) is 0.279. The van der Waals surface area contributed by atoms with Crippen molar-refractivity contribution >= 4 is 5.84 Å². The summed E-state index contributed by atoms with van der Waals surface area (Å²) in [4.78, 5) is 7.09. The number of hydrogen-bond acceptors (Lipinski definition) is 5. The topological polar surface area (TPSA) is 42.9 Å². The molecule has 0 radical (unpaired) electrons. The number of nitrogens with one attached hydrogen (secondary N) is 2. The van der Waals surface area contributed by atoms with Crippen molar-refractivity contribution in [2.45, 2.75) is 40.7 Å². The number of hydrogen-bond donors (Lipinski definition) is 2. The zero-order chi connectivity index (χ0) is 14.5. The minimum Gasteiger partial charge on any atom is -0.373 e. The molecule has 2 N–H and O–H groups in total. The van der Waals surface area contributed by atoms with E-state index in [1.807, 2.05) is 0 Å². The molecule has 0 aliphatic carbocycles. The molecule has 0 aromatic heterocycles. The summed E-state index contributed by atoms with van der Waals surface area (Å²) in [6.07, 6.45) is 0. The van der Waals surface area contributed by atoms with Crippen molar-refractivity contribution in [3.63, 3.8) is 0 Å². The fraction of sp³-hybridized carbons (Fsp3) is 0.929. The smallest absolute Gasteiger partial charge is 0.117 e. The lowest BCUT2D eigenvalue weighted by molar-refractivity contribution is 0.0701. The molecule has 0 spiro atoms. The quantitative estimate of drug-likeness (QED) is 0.759. The third-order valence-electron chi connectivity index (χ3n) is 3.84. The minimum absolute atomic E-state index is 0.134. The predicted molar refractivity (Wildman–Crippen MR) is 82.2 cm³/mol. The van der Waals surface area contributed by atoms with Crippen LogP contribution in [0.4, 0.5) is 0 Å². The van der Waals surface area contributed by atoms with Gasteiger partial charge in [-0.1, -0.05) is 27.7 Å². The van der Waals surface area contributed by atoms with E-state index in [-0.39, 0.29) is 11.5 Å². The van der Waals surface area contributed by atoms with E-state index in [1.165, 1.54) is 0 Å². The van der Waals surface area contributed by atoms with E-state index in [0.717, 1.165) is 32.0 Å². The van der Waals surface area contributed by atoms with Crippen molar-refractivity contribution in [2.24, 2.45) is 10.4 Å². The zero-order valence-corrected chi connectivity index (χ0v) is 13.5. The minimum atomic E-state index is 0.134. The maximum absolute atomic E-state index is 4.61. The summed E-state index contributed by atoms with van der Waals surface area (Å²) in [5.74, 6) is 1.11. The monoisotopic (exact) mass is 269 g/mol. The molecule has 0 amide bonds. The molecular formula is C14H31N5. The highest BCUT2D eigenvalue weighted by Gasteiger charge is 2.38. The summed E-state index contributed by atoms with van der Waals surface area (Å²) in [5.41, 5.74) is 3.46. The van der Waals surface area contributed by atoms with Crippen molar-refractivity contribution in [1.82, 2.24) is 20.7 Å². The van der Waals surface area contributed by atoms with Gasteiger partial charge in [-0.15, -0.1) is 0 Å². The van der Waals surface area contributed by atoms with E-state index in [1.54, 1.807) is 0 Å². The van der Waals surface area contributed by atoms with E-state index in [2.05, 4.69) is 67.3 Å². The van der Waals surface area contributed by atoms with Crippen LogP contribution in [-0.4, -0.2) is 61.7 Å². The van der Waals surface area contributed by atoms with Crippen molar-refractivity contribution in [1.29, 1.82) is 0 Å². The van der Waals surface area contributed by atoms with Crippen LogP contribution in [0.25, 0.3) is 0 Å². The number of aliphatic imine (C=N–C) groups is 1. The number of hydrazine groups is 1. The lowest BCUT2D eigenvalue weighted by Crippen LogP contribution is -2.62. The average molecular weight is 269 g/mol. The van der Waals surface area contributed by atoms with Gasteiger partial charge in [-0.2, -0.15) is 0 Å². The first-order valence-corrected chi connectivity index (χ1v) is 7.43. The number of amidine groups is 1. The second-order valence-corrected chi connectivity index (χ2v) is 5.85. The van der Waals surface area contributed by atoms with Gasteiger partial charge in [0.15, 0.2) is 0 Å². The van der Waals surface area contributed by atoms with Crippen LogP contribution in [0.3, 0.4) is 0 Å². The maximum Gasteiger partial charge on any atom is 0.117 e. The van der Waals surface area contributed by atoms with Crippen molar-refractivity contribution in [3.8, 4) is 0 Å². The molecule has 0 fully saturated rings. The number of rotatable bonds is 6. The summed E-state index contributed by atoms with van der Waals surface area (Å²) >= 11 is 0. The Morgan fingerprint density at radius 3 is 2.53 bits per heavy atom. The largest absolute Gasteiger partial charge is 0.373 e. The lowest BCUT2D eigenvalue weighted by atomic mass is 9.82. The molecule has 112 valence electrons. The molecule has 5 heteroatoms. The standard InChI is InChI=1S/C14H31N5/c1-7-15-13-12(18(6)17-11-16-13)14(4,5)10-19(8-2)9-3/h12,17H,7-11H2,1-6H3,(H,15,16)/t12-/m0/s1. The fourth-order valence-corrected chi connectivity index (χ4v) is 2.93. The summed E-state index contributed by atoms with van der Waals surface area (Å²) in [6.45, 7) is 16.1. The van der Waals surface area contributed by atoms with Crippen molar-refractivity contribution in [2.75, 3.05) is 39.9 Å². The highest BCUT2D eigenvalue weighted by molar-refractivity contribution is 5.88. The van der Waals surface area contributed by atoms with E-state index < -0.39 is 0 Å². The third-order valence-corrected chi connectivity index (χ3v) is 3.84. The van der Waals surface area contributed by atoms with E-state index in [4.69, 9.17) is 0 Å². The van der Waals surface area contributed by atoms with Crippen LogP contribution >= 0.6 is 0 Å². The van der Waals surface area contributed by atoms with Crippen molar-refractivity contribution in [3.05, 3.63) is 0 Å². The Hall–Kier alpha value is -0.650. The van der Waals surface area contributed by atoms with Gasteiger partial charge in [0.1, 0.15) is 12.5 Å². The highest BCUT2D eigenvalue weighted by Crippen LogP contribution is 2.27. The Kier molecular flexibility index (Phi) is 6.23. The maximum atomic E-state index is 4.61. The van der Waals surface area contributed by atoms with Gasteiger partial charge in [0.25, 0.3) is 0 Å². The Labute approximate surface area is 118 Å². The lowest BCUT2D eigenvalue weighted by Gasteiger charge is -2.45. The van der Waals surface area contributed by atoms with Gasteiger partial charge in [-0.3, -0.25) is 4.99 Å². The fourth-order valence-electron chi connectivity index (χ4n) is 2.93. The highest BCUT2D eigenvalue weighted by atomic mass is 15.6. The van der Waals surface area contributed by atoms with Gasteiger partial charge in [0.2, 0.25) is 0 Å². The average Bonchev–Trinajstić information content (AvgIpc) is 2.36. The SMILES string of the molecule is CCNC1=NCNN(C)[C@@H]1C(C)(C)CN(CC)CC. The second kappa shape index (κ2) is 7.22. The molecule has 1 aliphatic heterocycles.